The Morgan fingerprint density at radius 2 is 2.33 bits per heavy atom. The summed E-state index contributed by atoms with van der Waals surface area (Å²) in [7, 11) is 1.69. The molecule has 0 spiro atoms. The second-order valence-corrected chi connectivity index (χ2v) is 4.95. The number of hydrogen-bond donors (Lipinski definition) is 1. The zero-order valence-corrected chi connectivity index (χ0v) is 11.4. The molecule has 1 aromatic rings. The normalized spacial score (nSPS) is 11.4. The van der Waals surface area contributed by atoms with Gasteiger partial charge < -0.3 is 14.6 Å². The van der Waals surface area contributed by atoms with Gasteiger partial charge in [-0.15, -0.1) is 0 Å². The molecule has 0 atom stereocenters. The van der Waals surface area contributed by atoms with Gasteiger partial charge in [0, 0.05) is 32.6 Å². The highest BCUT2D eigenvalue weighted by molar-refractivity contribution is 4.95. The molecule has 0 bridgehead atoms. The van der Waals surface area contributed by atoms with Gasteiger partial charge in [0.15, 0.2) is 0 Å². The number of aryl methyl sites for hydroxylation is 1. The number of rotatable bonds is 8. The number of ether oxygens (including phenoxy) is 1. The highest BCUT2D eigenvalue weighted by Gasteiger charge is 2.16. The Labute approximate surface area is 109 Å². The van der Waals surface area contributed by atoms with E-state index in [0.717, 1.165) is 31.9 Å². The summed E-state index contributed by atoms with van der Waals surface area (Å²) in [6.07, 6.45) is 4.58. The van der Waals surface area contributed by atoms with E-state index in [2.05, 4.69) is 20.9 Å². The fraction of sp³-hybridized carbons (Fsp3) is 0.692. The van der Waals surface area contributed by atoms with Crippen LogP contribution in [0.15, 0.2) is 12.4 Å². The molecular formula is C13H22N4O. The van der Waals surface area contributed by atoms with Crippen LogP contribution in [0.5, 0.6) is 0 Å². The van der Waals surface area contributed by atoms with Crippen LogP contribution in [0.2, 0.25) is 0 Å². The average Bonchev–Trinajstić information content (AvgIpc) is 2.80. The lowest BCUT2D eigenvalue weighted by Gasteiger charge is -2.16. The molecule has 0 aliphatic heterocycles. The van der Waals surface area contributed by atoms with E-state index in [4.69, 9.17) is 10.00 Å². The molecule has 0 aliphatic carbocycles. The van der Waals surface area contributed by atoms with Crippen molar-refractivity contribution >= 4 is 0 Å². The minimum Gasteiger partial charge on any atom is -0.383 e. The monoisotopic (exact) mass is 250 g/mol. The summed E-state index contributed by atoms with van der Waals surface area (Å²) in [5.41, 5.74) is -0.287. The maximum absolute atomic E-state index is 8.99. The molecular weight excluding hydrogens is 228 g/mol. The average molecular weight is 250 g/mol. The zero-order valence-electron chi connectivity index (χ0n) is 11.4. The van der Waals surface area contributed by atoms with Gasteiger partial charge in [-0.2, -0.15) is 5.26 Å². The van der Waals surface area contributed by atoms with E-state index in [-0.39, 0.29) is 5.41 Å². The molecule has 100 valence electrons. The summed E-state index contributed by atoms with van der Waals surface area (Å²) in [5.74, 6) is 1.000. The molecule has 0 saturated heterocycles. The lowest BCUT2D eigenvalue weighted by atomic mass is 9.91. The van der Waals surface area contributed by atoms with Gasteiger partial charge in [-0.3, -0.25) is 0 Å². The van der Waals surface area contributed by atoms with Crippen LogP contribution in [0.3, 0.4) is 0 Å². The number of aromatic nitrogens is 2. The third-order valence-corrected chi connectivity index (χ3v) is 2.85. The number of nitrogens with zero attached hydrogens (tertiary/aromatic N) is 3. The summed E-state index contributed by atoms with van der Waals surface area (Å²) in [5, 5.41) is 12.3. The van der Waals surface area contributed by atoms with Crippen LogP contribution in [-0.4, -0.2) is 29.8 Å². The van der Waals surface area contributed by atoms with Gasteiger partial charge in [0.2, 0.25) is 0 Å². The van der Waals surface area contributed by atoms with E-state index in [1.807, 2.05) is 20.0 Å². The first kappa shape index (κ1) is 14.7. The minimum absolute atomic E-state index is 0.287. The summed E-state index contributed by atoms with van der Waals surface area (Å²) in [6, 6.07) is 2.32. The third-order valence-electron chi connectivity index (χ3n) is 2.85. The number of nitrogens with one attached hydrogen (secondary N) is 1. The molecule has 1 rings (SSSR count). The van der Waals surface area contributed by atoms with Gasteiger partial charge in [0.25, 0.3) is 0 Å². The van der Waals surface area contributed by atoms with Gasteiger partial charge in [-0.25, -0.2) is 4.98 Å². The molecule has 18 heavy (non-hydrogen) atoms. The van der Waals surface area contributed by atoms with Crippen LogP contribution >= 0.6 is 0 Å². The maximum atomic E-state index is 8.99. The molecule has 0 fully saturated rings. The summed E-state index contributed by atoms with van der Waals surface area (Å²) in [4.78, 5) is 4.32. The van der Waals surface area contributed by atoms with E-state index in [9.17, 15) is 0 Å². The molecule has 0 radical (unpaired) electrons. The van der Waals surface area contributed by atoms with E-state index in [0.29, 0.717) is 6.61 Å². The van der Waals surface area contributed by atoms with Crippen molar-refractivity contribution in [3.63, 3.8) is 0 Å². The van der Waals surface area contributed by atoms with Crippen molar-refractivity contribution < 1.29 is 4.74 Å². The van der Waals surface area contributed by atoms with Crippen LogP contribution in [0.4, 0.5) is 0 Å². The third kappa shape index (κ3) is 4.86. The maximum Gasteiger partial charge on any atom is 0.122 e. The van der Waals surface area contributed by atoms with Crippen molar-refractivity contribution in [2.45, 2.75) is 33.4 Å². The highest BCUT2D eigenvalue weighted by Crippen LogP contribution is 2.19. The second-order valence-electron chi connectivity index (χ2n) is 4.95. The lowest BCUT2D eigenvalue weighted by Crippen LogP contribution is -2.22. The first-order valence-corrected chi connectivity index (χ1v) is 6.20. The van der Waals surface area contributed by atoms with Crippen LogP contribution in [-0.2, 0) is 17.8 Å². The van der Waals surface area contributed by atoms with Gasteiger partial charge in [-0.1, -0.05) is 0 Å². The molecule has 0 saturated carbocycles. The van der Waals surface area contributed by atoms with Crippen molar-refractivity contribution in [3.8, 4) is 6.07 Å². The highest BCUT2D eigenvalue weighted by atomic mass is 16.5. The number of methoxy groups -OCH3 is 1. The molecule has 5 nitrogen and oxygen atoms in total. The smallest absolute Gasteiger partial charge is 0.122 e. The molecule has 1 heterocycles. The van der Waals surface area contributed by atoms with Crippen molar-refractivity contribution in [3.05, 3.63) is 18.2 Å². The molecule has 0 aliphatic rings. The Morgan fingerprint density at radius 1 is 1.56 bits per heavy atom. The van der Waals surface area contributed by atoms with Crippen molar-refractivity contribution in [2.75, 3.05) is 20.3 Å². The molecule has 5 heteroatoms. The molecule has 1 N–H and O–H groups in total. The Balaban J connectivity index is 2.43. The topological polar surface area (TPSA) is 62.9 Å². The van der Waals surface area contributed by atoms with Gasteiger partial charge >= 0.3 is 0 Å². The predicted molar refractivity (Wildman–Crippen MR) is 69.8 cm³/mol. The first-order valence-electron chi connectivity index (χ1n) is 6.20. The number of nitriles is 1. The Bertz CT molecular complexity index is 392. The predicted octanol–water partition coefficient (Wildman–Crippen LogP) is 1.56. The van der Waals surface area contributed by atoms with Gasteiger partial charge in [-0.05, 0) is 20.3 Å². The van der Waals surface area contributed by atoms with Gasteiger partial charge in [0.1, 0.15) is 5.82 Å². The Kier molecular flexibility index (Phi) is 5.83. The largest absolute Gasteiger partial charge is 0.383 e. The SMILES string of the molecule is COCCNCc1nccn1CCC(C)(C)C#N. The molecule has 0 unspecified atom stereocenters. The van der Waals surface area contributed by atoms with E-state index >= 15 is 0 Å². The number of imidazole rings is 1. The quantitative estimate of drug-likeness (QED) is 0.711. The van der Waals surface area contributed by atoms with E-state index in [1.165, 1.54) is 0 Å². The van der Waals surface area contributed by atoms with Crippen molar-refractivity contribution in [1.82, 2.24) is 14.9 Å². The van der Waals surface area contributed by atoms with Crippen LogP contribution in [0.1, 0.15) is 26.1 Å². The standard InChI is InChI=1S/C13H22N4O/c1-13(2,11-14)4-7-17-8-5-16-12(17)10-15-6-9-18-3/h5,8,15H,4,6-7,9-10H2,1-3H3. The second kappa shape index (κ2) is 7.14. The fourth-order valence-electron chi connectivity index (χ4n) is 1.54. The lowest BCUT2D eigenvalue weighted by molar-refractivity contribution is 0.198. The van der Waals surface area contributed by atoms with Crippen LogP contribution < -0.4 is 5.32 Å². The van der Waals surface area contributed by atoms with Gasteiger partial charge in [0.05, 0.1) is 24.6 Å². The number of hydrogen-bond acceptors (Lipinski definition) is 4. The first-order chi connectivity index (χ1) is 8.59. The van der Waals surface area contributed by atoms with Crippen LogP contribution in [0.25, 0.3) is 0 Å². The Morgan fingerprint density at radius 3 is 3.00 bits per heavy atom. The zero-order chi connectivity index (χ0) is 13.4. The van der Waals surface area contributed by atoms with Crippen molar-refractivity contribution in [2.24, 2.45) is 5.41 Å². The minimum atomic E-state index is -0.287. The van der Waals surface area contributed by atoms with Crippen LogP contribution in [0, 0.1) is 16.7 Å². The molecule has 1 aromatic heterocycles. The molecule has 0 amide bonds. The van der Waals surface area contributed by atoms with E-state index in [1.54, 1.807) is 13.3 Å². The summed E-state index contributed by atoms with van der Waals surface area (Å²) < 4.78 is 7.07. The Hall–Kier alpha value is -1.38. The summed E-state index contributed by atoms with van der Waals surface area (Å²) in [6.45, 7) is 6.97. The summed E-state index contributed by atoms with van der Waals surface area (Å²) >= 11 is 0. The van der Waals surface area contributed by atoms with Crippen molar-refractivity contribution in [1.29, 1.82) is 5.26 Å². The van der Waals surface area contributed by atoms with E-state index < -0.39 is 0 Å². The fourth-order valence-corrected chi connectivity index (χ4v) is 1.54. The molecule has 0 aromatic carbocycles.